The van der Waals surface area contributed by atoms with Gasteiger partial charge in [0.1, 0.15) is 5.76 Å². The minimum Gasteiger partial charge on any atom is -0.468 e. The van der Waals surface area contributed by atoms with E-state index in [1.807, 2.05) is 19.0 Å². The van der Waals surface area contributed by atoms with Gasteiger partial charge < -0.3 is 14.6 Å². The molecule has 0 radical (unpaired) electrons. The van der Waals surface area contributed by atoms with Gasteiger partial charge in [-0.05, 0) is 26.2 Å². The van der Waals surface area contributed by atoms with Gasteiger partial charge in [-0.25, -0.2) is 8.42 Å². The molecule has 7 nitrogen and oxygen atoms in total. The first-order chi connectivity index (χ1) is 9.79. The fourth-order valence-corrected chi connectivity index (χ4v) is 2.46. The van der Waals surface area contributed by atoms with Gasteiger partial charge in [-0.3, -0.25) is 4.79 Å². The van der Waals surface area contributed by atoms with Crippen molar-refractivity contribution in [3.63, 3.8) is 0 Å². The predicted molar refractivity (Wildman–Crippen MR) is 80.1 cm³/mol. The van der Waals surface area contributed by atoms with Crippen molar-refractivity contribution >= 4 is 15.9 Å². The Kier molecular flexibility index (Phi) is 6.86. The Morgan fingerprint density at radius 2 is 2.05 bits per heavy atom. The summed E-state index contributed by atoms with van der Waals surface area (Å²) in [5.41, 5.74) is 0. The Hall–Kier alpha value is -1.38. The summed E-state index contributed by atoms with van der Waals surface area (Å²) in [6.07, 6.45) is 2.74. The number of nitrogens with zero attached hydrogens (tertiary/aromatic N) is 2. The highest BCUT2D eigenvalue weighted by atomic mass is 32.2. The molecule has 0 aliphatic heterocycles. The van der Waals surface area contributed by atoms with Crippen LogP contribution in [0.25, 0.3) is 0 Å². The van der Waals surface area contributed by atoms with Crippen LogP contribution < -0.4 is 5.32 Å². The third-order valence-electron chi connectivity index (χ3n) is 2.85. The summed E-state index contributed by atoms with van der Waals surface area (Å²) in [5.74, 6) is 0.387. The highest BCUT2D eigenvalue weighted by molar-refractivity contribution is 7.88. The Morgan fingerprint density at radius 3 is 2.57 bits per heavy atom. The third kappa shape index (κ3) is 7.26. The number of hydrogen-bond donors (Lipinski definition) is 1. The molecule has 0 aromatic carbocycles. The van der Waals surface area contributed by atoms with Crippen molar-refractivity contribution in [2.45, 2.75) is 13.0 Å². The molecule has 0 unspecified atom stereocenters. The molecule has 1 aromatic heterocycles. The van der Waals surface area contributed by atoms with E-state index in [0.717, 1.165) is 12.8 Å². The van der Waals surface area contributed by atoms with E-state index in [4.69, 9.17) is 4.42 Å². The summed E-state index contributed by atoms with van der Waals surface area (Å²) in [4.78, 5) is 13.6. The molecule has 0 atom stereocenters. The van der Waals surface area contributed by atoms with Crippen LogP contribution in [0.5, 0.6) is 0 Å². The number of hydrogen-bond acceptors (Lipinski definition) is 5. The molecule has 0 fully saturated rings. The second-order valence-electron chi connectivity index (χ2n) is 5.08. The van der Waals surface area contributed by atoms with Gasteiger partial charge in [-0.1, -0.05) is 0 Å². The van der Waals surface area contributed by atoms with Crippen molar-refractivity contribution in [2.75, 3.05) is 40.0 Å². The van der Waals surface area contributed by atoms with E-state index in [1.54, 1.807) is 12.1 Å². The topological polar surface area (TPSA) is 82.9 Å². The quantitative estimate of drug-likeness (QED) is 0.699. The molecular weight excluding hydrogens is 294 g/mol. The zero-order valence-corrected chi connectivity index (χ0v) is 13.5. The number of sulfonamides is 1. The van der Waals surface area contributed by atoms with Gasteiger partial charge in [-0.15, -0.1) is 0 Å². The van der Waals surface area contributed by atoms with Crippen molar-refractivity contribution < 1.29 is 17.6 Å². The lowest BCUT2D eigenvalue weighted by Crippen LogP contribution is -2.36. The smallest absolute Gasteiger partial charge is 0.221 e. The first-order valence-electron chi connectivity index (χ1n) is 6.68. The molecule has 0 spiro atoms. The molecular formula is C13H23N3O4S. The van der Waals surface area contributed by atoms with Crippen LogP contribution in [0.3, 0.4) is 0 Å². The van der Waals surface area contributed by atoms with Crippen LogP contribution >= 0.6 is 0 Å². The number of furan rings is 1. The van der Waals surface area contributed by atoms with E-state index in [1.165, 1.54) is 10.6 Å². The highest BCUT2D eigenvalue weighted by Gasteiger charge is 2.19. The number of nitrogens with one attached hydrogen (secondary N) is 1. The van der Waals surface area contributed by atoms with Crippen molar-refractivity contribution in [2.24, 2.45) is 0 Å². The van der Waals surface area contributed by atoms with Gasteiger partial charge in [0.2, 0.25) is 15.9 Å². The Bertz CT molecular complexity index is 526. The summed E-state index contributed by atoms with van der Waals surface area (Å²) >= 11 is 0. The Balaban J connectivity index is 2.45. The molecule has 120 valence electrons. The summed E-state index contributed by atoms with van der Waals surface area (Å²) in [6.45, 7) is 1.56. The van der Waals surface area contributed by atoms with Gasteiger partial charge in [0.05, 0.1) is 19.1 Å². The zero-order chi connectivity index (χ0) is 15.9. The first-order valence-corrected chi connectivity index (χ1v) is 8.53. The standard InChI is InChI=1S/C13H23N3O4S/c1-15(2)9-7-14-13(17)6-8-16(21(3,18)19)11-12-5-4-10-20-12/h4-5,10H,6-9,11H2,1-3H3,(H,14,17). The largest absolute Gasteiger partial charge is 0.468 e. The van der Waals surface area contributed by atoms with Gasteiger partial charge in [0.15, 0.2) is 0 Å². The van der Waals surface area contributed by atoms with Crippen molar-refractivity contribution in [3.05, 3.63) is 24.2 Å². The minimum absolute atomic E-state index is 0.126. The predicted octanol–water partition coefficient (Wildman–Crippen LogP) is 0.109. The maximum absolute atomic E-state index is 11.7. The van der Waals surface area contributed by atoms with E-state index in [-0.39, 0.29) is 25.4 Å². The summed E-state index contributed by atoms with van der Waals surface area (Å²) in [6, 6.07) is 3.40. The molecule has 1 N–H and O–H groups in total. The molecule has 8 heteroatoms. The van der Waals surface area contributed by atoms with Crippen LogP contribution in [0.15, 0.2) is 22.8 Å². The van der Waals surface area contributed by atoms with Gasteiger partial charge in [-0.2, -0.15) is 4.31 Å². The van der Waals surface area contributed by atoms with E-state index >= 15 is 0 Å². The first kappa shape index (κ1) is 17.7. The highest BCUT2D eigenvalue weighted by Crippen LogP contribution is 2.09. The number of rotatable bonds is 9. The summed E-state index contributed by atoms with van der Waals surface area (Å²) < 4.78 is 29.8. The number of likely N-dealkylation sites (N-methyl/N-ethyl adjacent to an activating group) is 1. The summed E-state index contributed by atoms with van der Waals surface area (Å²) in [7, 11) is 0.450. The lowest BCUT2D eigenvalue weighted by atomic mass is 10.3. The maximum Gasteiger partial charge on any atom is 0.221 e. The second-order valence-corrected chi connectivity index (χ2v) is 7.06. The fourth-order valence-electron chi connectivity index (χ4n) is 1.67. The number of carbonyl (C=O) groups excluding carboxylic acids is 1. The van der Waals surface area contributed by atoms with Crippen LogP contribution in [0, 0.1) is 0 Å². The molecule has 0 saturated carbocycles. The maximum atomic E-state index is 11.7. The lowest BCUT2D eigenvalue weighted by Gasteiger charge is -2.18. The van der Waals surface area contributed by atoms with Gasteiger partial charge in [0, 0.05) is 26.1 Å². The third-order valence-corrected chi connectivity index (χ3v) is 4.10. The van der Waals surface area contributed by atoms with E-state index < -0.39 is 10.0 Å². The van der Waals surface area contributed by atoms with Crippen molar-refractivity contribution in [3.8, 4) is 0 Å². The van der Waals surface area contributed by atoms with Crippen molar-refractivity contribution in [1.29, 1.82) is 0 Å². The molecule has 0 aliphatic rings. The van der Waals surface area contributed by atoms with Crippen LogP contribution in [0.1, 0.15) is 12.2 Å². The van der Waals surface area contributed by atoms with Gasteiger partial charge >= 0.3 is 0 Å². The molecule has 0 aliphatic carbocycles. The average Bonchev–Trinajstić information content (AvgIpc) is 2.85. The van der Waals surface area contributed by atoms with Gasteiger partial charge in [0.25, 0.3) is 0 Å². The second kappa shape index (κ2) is 8.16. The normalized spacial score (nSPS) is 12.0. The SMILES string of the molecule is CN(C)CCNC(=O)CCN(Cc1ccco1)S(C)(=O)=O. The average molecular weight is 317 g/mol. The fraction of sp³-hybridized carbons (Fsp3) is 0.615. The van der Waals surface area contributed by atoms with Crippen LogP contribution in [-0.4, -0.2) is 63.5 Å². The minimum atomic E-state index is -3.39. The molecule has 1 heterocycles. The number of carbonyl (C=O) groups is 1. The van der Waals surface area contributed by atoms with Crippen LogP contribution in [0.2, 0.25) is 0 Å². The van der Waals surface area contributed by atoms with E-state index in [2.05, 4.69) is 5.32 Å². The van der Waals surface area contributed by atoms with Crippen LogP contribution in [0.4, 0.5) is 0 Å². The van der Waals surface area contributed by atoms with E-state index in [9.17, 15) is 13.2 Å². The Labute approximate surface area is 126 Å². The molecule has 0 bridgehead atoms. The molecule has 21 heavy (non-hydrogen) atoms. The molecule has 0 saturated heterocycles. The van der Waals surface area contributed by atoms with E-state index in [0.29, 0.717) is 12.3 Å². The summed E-state index contributed by atoms with van der Waals surface area (Å²) in [5, 5.41) is 2.75. The molecule has 1 rings (SSSR count). The zero-order valence-electron chi connectivity index (χ0n) is 12.7. The monoisotopic (exact) mass is 317 g/mol. The van der Waals surface area contributed by atoms with Crippen LogP contribution in [-0.2, 0) is 21.4 Å². The number of amides is 1. The lowest BCUT2D eigenvalue weighted by molar-refractivity contribution is -0.121. The molecule has 1 aromatic rings. The van der Waals surface area contributed by atoms with Crippen molar-refractivity contribution in [1.82, 2.24) is 14.5 Å². The molecule has 1 amide bonds. The Morgan fingerprint density at radius 1 is 1.33 bits per heavy atom.